The number of nitrogens with zero attached hydrogens (tertiary/aromatic N) is 3. The standard InChI is InChI=1S/C9H14N4O2/c1-6-11-8(12-15-6)9(14)13(2)7-3-4-10-5-7/h7,10H,3-5H2,1-2H3. The number of hydrogen-bond donors (Lipinski definition) is 1. The topological polar surface area (TPSA) is 71.3 Å². The second-order valence-corrected chi connectivity index (χ2v) is 3.70. The Labute approximate surface area is 87.6 Å². The van der Waals surface area contributed by atoms with Gasteiger partial charge in [0.05, 0.1) is 0 Å². The van der Waals surface area contributed by atoms with Crippen molar-refractivity contribution in [2.45, 2.75) is 19.4 Å². The molecule has 1 N–H and O–H groups in total. The normalized spacial score (nSPS) is 20.5. The molecule has 1 aliphatic rings. The van der Waals surface area contributed by atoms with Crippen molar-refractivity contribution in [2.75, 3.05) is 20.1 Å². The van der Waals surface area contributed by atoms with Gasteiger partial charge in [-0.05, 0) is 13.0 Å². The maximum atomic E-state index is 11.9. The molecule has 1 amide bonds. The van der Waals surface area contributed by atoms with Crippen LogP contribution in [0.5, 0.6) is 0 Å². The van der Waals surface area contributed by atoms with Crippen LogP contribution in [-0.4, -0.2) is 47.1 Å². The molecule has 1 atom stereocenters. The van der Waals surface area contributed by atoms with Crippen molar-refractivity contribution >= 4 is 5.91 Å². The Bertz CT molecular complexity index is 357. The van der Waals surface area contributed by atoms with Gasteiger partial charge < -0.3 is 14.7 Å². The van der Waals surface area contributed by atoms with E-state index in [1.165, 1.54) is 0 Å². The van der Waals surface area contributed by atoms with Crippen LogP contribution >= 0.6 is 0 Å². The lowest BCUT2D eigenvalue weighted by atomic mass is 10.2. The molecule has 2 heterocycles. The number of aromatic nitrogens is 2. The smallest absolute Gasteiger partial charge is 0.295 e. The van der Waals surface area contributed by atoms with Crippen molar-refractivity contribution in [3.63, 3.8) is 0 Å². The second-order valence-electron chi connectivity index (χ2n) is 3.70. The monoisotopic (exact) mass is 210 g/mol. The van der Waals surface area contributed by atoms with Crippen LogP contribution in [0.4, 0.5) is 0 Å². The summed E-state index contributed by atoms with van der Waals surface area (Å²) >= 11 is 0. The first-order chi connectivity index (χ1) is 7.18. The molecule has 1 aromatic rings. The molecular formula is C9H14N4O2. The Hall–Kier alpha value is -1.43. The number of amides is 1. The van der Waals surface area contributed by atoms with Gasteiger partial charge in [-0.15, -0.1) is 0 Å². The molecule has 0 spiro atoms. The zero-order valence-corrected chi connectivity index (χ0v) is 8.86. The molecule has 0 bridgehead atoms. The van der Waals surface area contributed by atoms with Crippen molar-refractivity contribution in [1.29, 1.82) is 0 Å². The van der Waals surface area contributed by atoms with E-state index in [9.17, 15) is 4.79 Å². The summed E-state index contributed by atoms with van der Waals surface area (Å²) in [6.07, 6.45) is 0.971. The van der Waals surface area contributed by atoms with Gasteiger partial charge in [0.15, 0.2) is 0 Å². The minimum Gasteiger partial charge on any atom is -0.339 e. The van der Waals surface area contributed by atoms with E-state index in [2.05, 4.69) is 15.5 Å². The Morgan fingerprint density at radius 1 is 1.67 bits per heavy atom. The molecule has 0 saturated carbocycles. The molecule has 6 nitrogen and oxygen atoms in total. The molecule has 1 aromatic heterocycles. The second kappa shape index (κ2) is 3.98. The van der Waals surface area contributed by atoms with Gasteiger partial charge in [-0.3, -0.25) is 4.79 Å². The van der Waals surface area contributed by atoms with Crippen LogP contribution in [0.15, 0.2) is 4.52 Å². The van der Waals surface area contributed by atoms with Gasteiger partial charge in [0.2, 0.25) is 5.89 Å². The largest absolute Gasteiger partial charge is 0.339 e. The van der Waals surface area contributed by atoms with Gasteiger partial charge in [0, 0.05) is 26.6 Å². The summed E-state index contributed by atoms with van der Waals surface area (Å²) in [5.41, 5.74) is 0. The number of rotatable bonds is 2. The SMILES string of the molecule is Cc1nc(C(=O)N(C)C2CCNC2)no1. The summed E-state index contributed by atoms with van der Waals surface area (Å²) < 4.78 is 4.77. The van der Waals surface area contributed by atoms with Crippen LogP contribution in [0, 0.1) is 6.92 Å². The number of carbonyl (C=O) groups excluding carboxylic acids is 1. The number of aryl methyl sites for hydroxylation is 1. The highest BCUT2D eigenvalue weighted by Crippen LogP contribution is 2.09. The Morgan fingerprint density at radius 2 is 2.47 bits per heavy atom. The van der Waals surface area contributed by atoms with Crippen molar-refractivity contribution in [3.8, 4) is 0 Å². The minimum absolute atomic E-state index is 0.141. The minimum atomic E-state index is -0.180. The van der Waals surface area contributed by atoms with Gasteiger partial charge in [-0.25, -0.2) is 0 Å². The van der Waals surface area contributed by atoms with Gasteiger partial charge >= 0.3 is 0 Å². The van der Waals surface area contributed by atoms with Crippen LogP contribution in [0.3, 0.4) is 0 Å². The van der Waals surface area contributed by atoms with Gasteiger partial charge in [0.25, 0.3) is 11.7 Å². The molecule has 6 heteroatoms. The first-order valence-corrected chi connectivity index (χ1v) is 4.96. The number of nitrogens with one attached hydrogen (secondary N) is 1. The molecule has 0 aliphatic carbocycles. The van der Waals surface area contributed by atoms with Crippen LogP contribution in [0.2, 0.25) is 0 Å². The molecule has 0 aromatic carbocycles. The molecule has 15 heavy (non-hydrogen) atoms. The summed E-state index contributed by atoms with van der Waals surface area (Å²) in [6, 6.07) is 0.233. The molecule has 1 saturated heterocycles. The highest BCUT2D eigenvalue weighted by molar-refractivity contribution is 5.90. The van der Waals surface area contributed by atoms with E-state index in [4.69, 9.17) is 4.52 Å². The average molecular weight is 210 g/mol. The Morgan fingerprint density at radius 3 is 3.00 bits per heavy atom. The van der Waals surface area contributed by atoms with Crippen LogP contribution in [0.25, 0.3) is 0 Å². The molecule has 2 rings (SSSR count). The predicted molar refractivity (Wildman–Crippen MR) is 52.4 cm³/mol. The molecule has 1 fully saturated rings. The van der Waals surface area contributed by atoms with Crippen molar-refractivity contribution in [1.82, 2.24) is 20.4 Å². The fourth-order valence-corrected chi connectivity index (χ4v) is 1.68. The third-order valence-corrected chi connectivity index (χ3v) is 2.62. The zero-order chi connectivity index (χ0) is 10.8. The van der Waals surface area contributed by atoms with Crippen molar-refractivity contribution in [3.05, 3.63) is 11.7 Å². The third-order valence-electron chi connectivity index (χ3n) is 2.62. The van der Waals surface area contributed by atoms with Crippen molar-refractivity contribution < 1.29 is 9.32 Å². The van der Waals surface area contributed by atoms with Crippen LogP contribution in [0.1, 0.15) is 22.9 Å². The highest BCUT2D eigenvalue weighted by atomic mass is 16.5. The zero-order valence-electron chi connectivity index (χ0n) is 8.86. The highest BCUT2D eigenvalue weighted by Gasteiger charge is 2.26. The van der Waals surface area contributed by atoms with Gasteiger partial charge in [-0.1, -0.05) is 5.16 Å². The third kappa shape index (κ3) is 1.99. The van der Waals surface area contributed by atoms with E-state index in [-0.39, 0.29) is 17.8 Å². The van der Waals surface area contributed by atoms with Crippen LogP contribution in [-0.2, 0) is 0 Å². The molecule has 1 aliphatic heterocycles. The lowest BCUT2D eigenvalue weighted by Gasteiger charge is -2.21. The van der Waals surface area contributed by atoms with Crippen LogP contribution < -0.4 is 5.32 Å². The molecule has 0 radical (unpaired) electrons. The quantitative estimate of drug-likeness (QED) is 0.732. The maximum absolute atomic E-state index is 11.9. The lowest BCUT2D eigenvalue weighted by Crippen LogP contribution is -2.38. The number of likely N-dealkylation sites (N-methyl/N-ethyl adjacent to an activating group) is 1. The van der Waals surface area contributed by atoms with E-state index in [0.717, 1.165) is 19.5 Å². The van der Waals surface area contributed by atoms with E-state index in [1.807, 2.05) is 0 Å². The maximum Gasteiger partial charge on any atom is 0.295 e. The first-order valence-electron chi connectivity index (χ1n) is 4.96. The van der Waals surface area contributed by atoms with E-state index >= 15 is 0 Å². The van der Waals surface area contributed by atoms with Gasteiger partial charge in [0.1, 0.15) is 0 Å². The van der Waals surface area contributed by atoms with Crippen molar-refractivity contribution in [2.24, 2.45) is 0 Å². The molecule has 82 valence electrons. The number of hydrogen-bond acceptors (Lipinski definition) is 5. The van der Waals surface area contributed by atoms with E-state index in [1.54, 1.807) is 18.9 Å². The summed E-state index contributed by atoms with van der Waals surface area (Å²) in [5.74, 6) is 0.374. The van der Waals surface area contributed by atoms with Gasteiger partial charge in [-0.2, -0.15) is 4.98 Å². The first kappa shape index (κ1) is 10.1. The summed E-state index contributed by atoms with van der Waals surface area (Å²) in [6.45, 7) is 3.45. The predicted octanol–water partition coefficient (Wildman–Crippen LogP) is -0.188. The molecular weight excluding hydrogens is 196 g/mol. The lowest BCUT2D eigenvalue weighted by molar-refractivity contribution is 0.0728. The van der Waals surface area contributed by atoms with E-state index < -0.39 is 0 Å². The molecule has 1 unspecified atom stereocenters. The average Bonchev–Trinajstić information content (AvgIpc) is 2.85. The Balaban J connectivity index is 2.06. The fraction of sp³-hybridized carbons (Fsp3) is 0.667. The number of carbonyl (C=O) groups is 1. The Kier molecular flexibility index (Phi) is 2.68. The summed E-state index contributed by atoms with van der Waals surface area (Å²) in [4.78, 5) is 17.4. The summed E-state index contributed by atoms with van der Waals surface area (Å²) in [5, 5.41) is 6.82. The fourth-order valence-electron chi connectivity index (χ4n) is 1.68. The van der Waals surface area contributed by atoms with E-state index in [0.29, 0.717) is 5.89 Å². The summed E-state index contributed by atoms with van der Waals surface area (Å²) in [7, 11) is 1.77.